The van der Waals surface area contributed by atoms with E-state index in [1.165, 1.54) is 6.08 Å². The van der Waals surface area contributed by atoms with Gasteiger partial charge in [-0.15, -0.1) is 0 Å². The van der Waals surface area contributed by atoms with E-state index in [9.17, 15) is 10.1 Å². The Morgan fingerprint density at radius 3 is 2.41 bits per heavy atom. The van der Waals surface area contributed by atoms with Gasteiger partial charge in [0.2, 0.25) is 0 Å². The summed E-state index contributed by atoms with van der Waals surface area (Å²) in [4.78, 5) is 12.8. The number of nitrogens with zero attached hydrogens (tertiary/aromatic N) is 1. The predicted molar refractivity (Wildman–Crippen MR) is 130 cm³/mol. The molecule has 0 aliphatic carbocycles. The molecule has 0 fully saturated rings. The lowest BCUT2D eigenvalue weighted by Gasteiger charge is -2.12. The number of hydrogen-bond donors (Lipinski definition) is 1. The summed E-state index contributed by atoms with van der Waals surface area (Å²) in [5, 5.41) is 12.9. The molecule has 0 aliphatic rings. The van der Waals surface area contributed by atoms with Gasteiger partial charge >= 0.3 is 0 Å². The number of nitrogens with one attached hydrogen (secondary N) is 1. The van der Waals surface area contributed by atoms with Gasteiger partial charge < -0.3 is 10.1 Å². The fraction of sp³-hybridized carbons (Fsp3) is 0.185. The average Bonchev–Trinajstić information content (AvgIpc) is 2.73. The lowest BCUT2D eigenvalue weighted by atomic mass is 10.1. The van der Waals surface area contributed by atoms with Crippen LogP contribution in [0.2, 0.25) is 5.02 Å². The van der Waals surface area contributed by atoms with Crippen LogP contribution in [0, 0.1) is 39.0 Å². The van der Waals surface area contributed by atoms with Crippen LogP contribution in [0.1, 0.15) is 33.4 Å². The fourth-order valence-corrected chi connectivity index (χ4v) is 3.62. The van der Waals surface area contributed by atoms with E-state index in [1.807, 2.05) is 52.0 Å². The van der Waals surface area contributed by atoms with E-state index < -0.39 is 5.91 Å². The molecule has 0 saturated heterocycles. The van der Waals surface area contributed by atoms with Crippen LogP contribution in [-0.4, -0.2) is 5.91 Å². The normalized spacial score (nSPS) is 11.1. The highest BCUT2D eigenvalue weighted by atomic mass is 35.5. The molecule has 3 rings (SSSR count). The van der Waals surface area contributed by atoms with Crippen molar-refractivity contribution in [3.63, 3.8) is 0 Å². The van der Waals surface area contributed by atoms with Crippen LogP contribution in [0.3, 0.4) is 0 Å². The number of benzene rings is 3. The van der Waals surface area contributed by atoms with Gasteiger partial charge in [0.15, 0.2) is 0 Å². The average molecular weight is 445 g/mol. The van der Waals surface area contributed by atoms with E-state index in [-0.39, 0.29) is 5.57 Å². The number of aryl methyl sites for hydroxylation is 4. The predicted octanol–water partition coefficient (Wildman–Crippen LogP) is 6.70. The highest BCUT2D eigenvalue weighted by Gasteiger charge is 2.13. The van der Waals surface area contributed by atoms with Crippen molar-refractivity contribution in [1.29, 1.82) is 5.26 Å². The third-order valence-electron chi connectivity index (χ3n) is 4.95. The number of rotatable bonds is 6. The first-order valence-electron chi connectivity index (χ1n) is 10.2. The second-order valence-corrected chi connectivity index (χ2v) is 8.35. The number of carbonyl (C=O) groups is 1. The first kappa shape index (κ1) is 23.1. The molecule has 0 bridgehead atoms. The molecule has 3 aromatic rings. The van der Waals surface area contributed by atoms with Crippen molar-refractivity contribution in [3.05, 3.63) is 98.6 Å². The van der Waals surface area contributed by atoms with Crippen LogP contribution < -0.4 is 10.1 Å². The van der Waals surface area contributed by atoms with Crippen LogP contribution in [-0.2, 0) is 11.4 Å². The highest BCUT2D eigenvalue weighted by Crippen LogP contribution is 2.27. The molecule has 1 N–H and O–H groups in total. The molecule has 0 heterocycles. The van der Waals surface area contributed by atoms with E-state index in [0.717, 1.165) is 27.8 Å². The minimum Gasteiger partial charge on any atom is -0.488 e. The molecule has 0 saturated carbocycles. The lowest BCUT2D eigenvalue weighted by Crippen LogP contribution is -2.14. The molecule has 1 amide bonds. The number of ether oxygens (including phenoxy) is 1. The molecule has 0 aromatic heterocycles. The molecule has 5 heteroatoms. The molecule has 162 valence electrons. The molecule has 0 aliphatic heterocycles. The van der Waals surface area contributed by atoms with Gasteiger partial charge in [-0.05, 0) is 74.7 Å². The van der Waals surface area contributed by atoms with Gasteiger partial charge in [-0.1, -0.05) is 53.1 Å². The van der Waals surface area contributed by atoms with Crippen LogP contribution in [0.15, 0.2) is 60.2 Å². The maximum absolute atomic E-state index is 12.8. The van der Waals surface area contributed by atoms with Gasteiger partial charge in [0.05, 0.1) is 0 Å². The lowest BCUT2D eigenvalue weighted by molar-refractivity contribution is -0.112. The van der Waals surface area contributed by atoms with Gasteiger partial charge in [-0.25, -0.2) is 0 Å². The smallest absolute Gasteiger partial charge is 0.266 e. The zero-order chi connectivity index (χ0) is 23.3. The Bertz CT molecular complexity index is 1220. The summed E-state index contributed by atoms with van der Waals surface area (Å²) in [5.74, 6) is 0.0577. The van der Waals surface area contributed by atoms with E-state index in [0.29, 0.717) is 28.6 Å². The van der Waals surface area contributed by atoms with Crippen molar-refractivity contribution in [2.24, 2.45) is 0 Å². The largest absolute Gasteiger partial charge is 0.488 e. The number of anilines is 1. The van der Waals surface area contributed by atoms with Crippen molar-refractivity contribution in [2.75, 3.05) is 5.32 Å². The number of halogens is 1. The minimum atomic E-state index is -0.485. The summed E-state index contributed by atoms with van der Waals surface area (Å²) >= 11 is 6.18. The van der Waals surface area contributed by atoms with Gasteiger partial charge in [-0.2, -0.15) is 5.26 Å². The third kappa shape index (κ3) is 6.00. The molecule has 0 unspecified atom stereocenters. The summed E-state index contributed by atoms with van der Waals surface area (Å²) in [6, 6.07) is 19.1. The Morgan fingerprint density at radius 2 is 1.72 bits per heavy atom. The Labute approximate surface area is 194 Å². The second-order valence-electron chi connectivity index (χ2n) is 7.91. The Kier molecular flexibility index (Phi) is 7.35. The standard InChI is InChI=1S/C27H25ClN2O2/c1-17-5-6-20(4)25(12-17)30-27(31)23(15-29)13-22-14-24(28)7-8-26(22)32-16-21-10-18(2)9-19(3)11-21/h5-14H,16H2,1-4H3,(H,30,31)/b23-13+. The molecule has 0 spiro atoms. The maximum Gasteiger partial charge on any atom is 0.266 e. The summed E-state index contributed by atoms with van der Waals surface area (Å²) in [6.45, 7) is 8.30. The highest BCUT2D eigenvalue weighted by molar-refractivity contribution is 6.30. The zero-order valence-electron chi connectivity index (χ0n) is 18.6. The number of carbonyl (C=O) groups excluding carboxylic acids is 1. The van der Waals surface area contributed by atoms with Crippen LogP contribution >= 0.6 is 11.6 Å². The summed E-state index contributed by atoms with van der Waals surface area (Å²) < 4.78 is 6.02. The quantitative estimate of drug-likeness (QED) is 0.340. The molecule has 0 atom stereocenters. The number of amides is 1. The van der Waals surface area contributed by atoms with Crippen molar-refractivity contribution in [2.45, 2.75) is 34.3 Å². The topological polar surface area (TPSA) is 62.1 Å². The monoisotopic (exact) mass is 444 g/mol. The van der Waals surface area contributed by atoms with Crippen molar-refractivity contribution < 1.29 is 9.53 Å². The van der Waals surface area contributed by atoms with Crippen molar-refractivity contribution in [3.8, 4) is 11.8 Å². The van der Waals surface area contributed by atoms with Crippen LogP contribution in [0.4, 0.5) is 5.69 Å². The van der Waals surface area contributed by atoms with E-state index in [4.69, 9.17) is 16.3 Å². The van der Waals surface area contributed by atoms with Gasteiger partial charge in [0.25, 0.3) is 5.91 Å². The zero-order valence-corrected chi connectivity index (χ0v) is 19.4. The first-order valence-corrected chi connectivity index (χ1v) is 10.6. The third-order valence-corrected chi connectivity index (χ3v) is 5.19. The SMILES string of the molecule is Cc1cc(C)cc(COc2ccc(Cl)cc2/C=C(\C#N)C(=O)Nc2cc(C)ccc2C)c1. The molecule has 32 heavy (non-hydrogen) atoms. The van der Waals surface area contributed by atoms with E-state index >= 15 is 0 Å². The molecular formula is C27H25ClN2O2. The van der Waals surface area contributed by atoms with Gasteiger partial charge in [0, 0.05) is 16.3 Å². The molecule has 4 nitrogen and oxygen atoms in total. The molecular weight excluding hydrogens is 420 g/mol. The number of nitriles is 1. The number of hydrogen-bond acceptors (Lipinski definition) is 3. The molecule has 3 aromatic carbocycles. The van der Waals surface area contributed by atoms with Crippen molar-refractivity contribution in [1.82, 2.24) is 0 Å². The van der Waals surface area contributed by atoms with Crippen LogP contribution in [0.5, 0.6) is 5.75 Å². The Hall–Kier alpha value is -3.55. The van der Waals surface area contributed by atoms with E-state index in [2.05, 4.69) is 23.5 Å². The van der Waals surface area contributed by atoms with Gasteiger partial charge in [-0.3, -0.25) is 4.79 Å². The summed E-state index contributed by atoms with van der Waals surface area (Å²) in [5.41, 5.74) is 6.50. The first-order chi connectivity index (χ1) is 15.2. The Morgan fingerprint density at radius 1 is 1.00 bits per heavy atom. The second kappa shape index (κ2) is 10.2. The summed E-state index contributed by atoms with van der Waals surface area (Å²) in [6.07, 6.45) is 1.50. The molecule has 0 radical (unpaired) electrons. The summed E-state index contributed by atoms with van der Waals surface area (Å²) in [7, 11) is 0. The van der Waals surface area contributed by atoms with Gasteiger partial charge in [0.1, 0.15) is 24.0 Å². The van der Waals surface area contributed by atoms with Crippen molar-refractivity contribution >= 4 is 29.3 Å². The maximum atomic E-state index is 12.8. The Balaban J connectivity index is 1.86. The minimum absolute atomic E-state index is 0.0376. The van der Waals surface area contributed by atoms with Crippen LogP contribution in [0.25, 0.3) is 6.08 Å². The fourth-order valence-electron chi connectivity index (χ4n) is 3.44. The van der Waals surface area contributed by atoms with E-state index in [1.54, 1.807) is 18.2 Å².